The van der Waals surface area contributed by atoms with E-state index >= 15 is 0 Å². The molecule has 0 saturated carbocycles. The average Bonchev–Trinajstić information content (AvgIpc) is 2.93. The number of benzene rings is 3. The van der Waals surface area contributed by atoms with E-state index in [1.807, 2.05) is 12.1 Å². The highest BCUT2D eigenvalue weighted by Gasteiger charge is 2.35. The van der Waals surface area contributed by atoms with Crippen LogP contribution >= 0.6 is 15.9 Å². The van der Waals surface area contributed by atoms with Crippen LogP contribution in [-0.4, -0.2) is 45.4 Å². The van der Waals surface area contributed by atoms with Crippen molar-refractivity contribution in [2.24, 2.45) is 0 Å². The second-order valence-corrected chi connectivity index (χ2v) is 9.25. The predicted molar refractivity (Wildman–Crippen MR) is 141 cm³/mol. The molecular weight excluding hydrogens is 567 g/mol. The van der Waals surface area contributed by atoms with Gasteiger partial charge in [-0.05, 0) is 60.7 Å². The summed E-state index contributed by atoms with van der Waals surface area (Å²) in [5.74, 6) is -0.819. The van der Waals surface area contributed by atoms with Crippen LogP contribution in [0, 0.1) is 0 Å². The number of methoxy groups -OCH3 is 2. The van der Waals surface area contributed by atoms with Gasteiger partial charge < -0.3 is 19.1 Å². The average molecular weight is 594 g/mol. The maximum Gasteiger partial charge on any atom is 0.419 e. The van der Waals surface area contributed by atoms with E-state index < -0.39 is 17.7 Å². The number of hydrogen-bond acceptors (Lipinski definition) is 6. The monoisotopic (exact) mass is 593 g/mol. The van der Waals surface area contributed by atoms with Crippen LogP contribution in [0.15, 0.2) is 77.3 Å². The van der Waals surface area contributed by atoms with E-state index in [0.717, 1.165) is 16.2 Å². The lowest BCUT2D eigenvalue weighted by Crippen LogP contribution is -2.38. The number of carbonyl (C=O) groups excluding carboxylic acids is 2. The Morgan fingerprint density at radius 2 is 1.32 bits per heavy atom. The van der Waals surface area contributed by atoms with Gasteiger partial charge in [0.05, 0.1) is 30.9 Å². The van der Waals surface area contributed by atoms with Crippen LogP contribution in [0.2, 0.25) is 0 Å². The maximum absolute atomic E-state index is 13.1. The number of para-hydroxylation sites is 1. The van der Waals surface area contributed by atoms with Crippen molar-refractivity contribution in [3.8, 4) is 5.75 Å². The largest absolute Gasteiger partial charge is 0.490 e. The molecule has 4 rings (SSSR count). The zero-order valence-corrected chi connectivity index (χ0v) is 22.4. The van der Waals surface area contributed by atoms with E-state index in [1.54, 1.807) is 42.5 Å². The molecule has 1 aliphatic rings. The SMILES string of the molecule is COC(=O)c1ccc(Br)cc1.COC(=O)c1ccc(N2CCC(Oc3ccccc3C(F)(F)F)CC2)cc1. The number of carbonyl (C=O) groups is 2. The molecule has 1 aliphatic heterocycles. The molecule has 0 spiro atoms. The standard InChI is InChI=1S/C20H20F3NO3.C8H7BrO2/c1-26-19(25)14-6-8-15(9-7-14)24-12-10-16(11-13-24)27-18-5-3-2-4-17(18)20(21,22)23;1-11-8(10)6-2-4-7(9)5-3-6/h2-9,16H,10-13H2,1H3;2-5H,1H3. The third-order valence-electron chi connectivity index (χ3n) is 5.85. The maximum atomic E-state index is 13.1. The number of piperidine rings is 1. The first-order valence-corrected chi connectivity index (χ1v) is 12.5. The van der Waals surface area contributed by atoms with E-state index in [1.165, 1.54) is 26.4 Å². The van der Waals surface area contributed by atoms with Crippen LogP contribution in [-0.2, 0) is 15.7 Å². The van der Waals surface area contributed by atoms with Crippen molar-refractivity contribution in [3.63, 3.8) is 0 Å². The number of halogens is 4. The van der Waals surface area contributed by atoms with E-state index in [0.29, 0.717) is 37.1 Å². The van der Waals surface area contributed by atoms with Crippen molar-refractivity contribution in [2.45, 2.75) is 25.1 Å². The number of nitrogens with zero attached hydrogens (tertiary/aromatic N) is 1. The molecule has 1 fully saturated rings. The first-order chi connectivity index (χ1) is 18.1. The van der Waals surface area contributed by atoms with Gasteiger partial charge >= 0.3 is 18.1 Å². The van der Waals surface area contributed by atoms with Gasteiger partial charge in [0.2, 0.25) is 0 Å². The van der Waals surface area contributed by atoms with E-state index in [4.69, 9.17) is 4.74 Å². The highest BCUT2D eigenvalue weighted by Crippen LogP contribution is 2.37. The number of esters is 2. The second kappa shape index (κ2) is 13.3. The molecule has 10 heteroatoms. The summed E-state index contributed by atoms with van der Waals surface area (Å²) < 4.78 is 55.0. The molecule has 0 aliphatic carbocycles. The van der Waals surface area contributed by atoms with Crippen LogP contribution in [0.1, 0.15) is 39.1 Å². The van der Waals surface area contributed by atoms with Gasteiger partial charge in [-0.3, -0.25) is 0 Å². The van der Waals surface area contributed by atoms with Crippen LogP contribution < -0.4 is 9.64 Å². The highest BCUT2D eigenvalue weighted by molar-refractivity contribution is 9.10. The van der Waals surface area contributed by atoms with Crippen molar-refractivity contribution < 1.29 is 37.0 Å². The topological polar surface area (TPSA) is 65.1 Å². The quantitative estimate of drug-likeness (QED) is 0.304. The summed E-state index contributed by atoms with van der Waals surface area (Å²) in [6.45, 7) is 1.33. The first kappa shape index (κ1) is 29.0. The molecule has 6 nitrogen and oxygen atoms in total. The molecule has 38 heavy (non-hydrogen) atoms. The number of ether oxygens (including phenoxy) is 3. The number of rotatable bonds is 5. The predicted octanol–water partition coefficient (Wildman–Crippen LogP) is 6.78. The Kier molecular flexibility index (Phi) is 10.2. The third kappa shape index (κ3) is 7.98. The van der Waals surface area contributed by atoms with Gasteiger partial charge in [0.15, 0.2) is 0 Å². The number of alkyl halides is 3. The lowest BCUT2D eigenvalue weighted by Gasteiger charge is -2.34. The van der Waals surface area contributed by atoms with Crippen LogP contribution in [0.4, 0.5) is 18.9 Å². The summed E-state index contributed by atoms with van der Waals surface area (Å²) >= 11 is 3.26. The van der Waals surface area contributed by atoms with E-state index in [-0.39, 0.29) is 17.8 Å². The van der Waals surface area contributed by atoms with Gasteiger partial charge in [-0.15, -0.1) is 0 Å². The molecule has 0 amide bonds. The van der Waals surface area contributed by atoms with Crippen LogP contribution in [0.25, 0.3) is 0 Å². The number of anilines is 1. The molecule has 3 aromatic carbocycles. The Bertz CT molecular complexity index is 1210. The van der Waals surface area contributed by atoms with Gasteiger partial charge in [-0.2, -0.15) is 13.2 Å². The minimum atomic E-state index is -4.43. The van der Waals surface area contributed by atoms with E-state index in [9.17, 15) is 22.8 Å². The zero-order valence-electron chi connectivity index (χ0n) is 20.8. The molecule has 0 radical (unpaired) electrons. The molecule has 0 aromatic heterocycles. The summed E-state index contributed by atoms with van der Waals surface area (Å²) in [6.07, 6.45) is -3.46. The second-order valence-electron chi connectivity index (χ2n) is 8.34. The van der Waals surface area contributed by atoms with Crippen molar-refractivity contribution >= 4 is 33.6 Å². The van der Waals surface area contributed by atoms with Crippen LogP contribution in [0.5, 0.6) is 5.75 Å². The third-order valence-corrected chi connectivity index (χ3v) is 6.38. The molecular formula is C28H27BrF3NO5. The van der Waals surface area contributed by atoms with Gasteiger partial charge in [0.25, 0.3) is 0 Å². The molecule has 202 valence electrons. The molecule has 1 heterocycles. The zero-order chi connectivity index (χ0) is 27.7. The molecule has 0 atom stereocenters. The van der Waals surface area contributed by atoms with Crippen molar-refractivity contribution in [1.29, 1.82) is 0 Å². The fraction of sp³-hybridized carbons (Fsp3) is 0.286. The summed E-state index contributed by atoms with van der Waals surface area (Å²) in [5, 5.41) is 0. The Morgan fingerprint density at radius 3 is 1.82 bits per heavy atom. The highest BCUT2D eigenvalue weighted by atomic mass is 79.9. The van der Waals surface area contributed by atoms with Gasteiger partial charge in [0.1, 0.15) is 11.9 Å². The lowest BCUT2D eigenvalue weighted by molar-refractivity contribution is -0.139. The fourth-order valence-corrected chi connectivity index (χ4v) is 4.11. The lowest BCUT2D eigenvalue weighted by atomic mass is 10.1. The van der Waals surface area contributed by atoms with Crippen molar-refractivity contribution in [2.75, 3.05) is 32.2 Å². The van der Waals surface area contributed by atoms with Gasteiger partial charge in [-0.25, -0.2) is 9.59 Å². The summed E-state index contributed by atoms with van der Waals surface area (Å²) in [6, 6.07) is 19.4. The smallest absolute Gasteiger partial charge is 0.419 e. The van der Waals surface area contributed by atoms with Gasteiger partial charge in [-0.1, -0.05) is 28.1 Å². The summed E-state index contributed by atoms with van der Waals surface area (Å²) in [4.78, 5) is 24.5. The normalized spacial score (nSPS) is 13.7. The molecule has 0 unspecified atom stereocenters. The van der Waals surface area contributed by atoms with Crippen LogP contribution in [0.3, 0.4) is 0 Å². The molecule has 1 saturated heterocycles. The van der Waals surface area contributed by atoms with Crippen molar-refractivity contribution in [1.82, 2.24) is 0 Å². The Labute approximate surface area is 227 Å². The van der Waals surface area contributed by atoms with Gasteiger partial charge in [0, 0.05) is 36.1 Å². The van der Waals surface area contributed by atoms with Crippen molar-refractivity contribution in [3.05, 3.63) is 94.0 Å². The summed E-state index contributed by atoms with van der Waals surface area (Å²) in [5.41, 5.74) is 1.25. The Hall–Kier alpha value is -3.53. The first-order valence-electron chi connectivity index (χ1n) is 11.7. The molecule has 3 aromatic rings. The Balaban J connectivity index is 0.000000304. The summed E-state index contributed by atoms with van der Waals surface area (Å²) in [7, 11) is 2.70. The molecule has 0 bridgehead atoms. The number of hydrogen-bond donors (Lipinski definition) is 0. The molecule has 0 N–H and O–H groups in total. The Morgan fingerprint density at radius 1 is 0.816 bits per heavy atom. The minimum absolute atomic E-state index is 0.120. The van der Waals surface area contributed by atoms with E-state index in [2.05, 4.69) is 30.3 Å². The minimum Gasteiger partial charge on any atom is -0.490 e. The fourth-order valence-electron chi connectivity index (χ4n) is 3.85.